The van der Waals surface area contributed by atoms with E-state index in [1.165, 1.54) is 12.8 Å². The van der Waals surface area contributed by atoms with Crippen LogP contribution in [0.5, 0.6) is 0 Å². The van der Waals surface area contributed by atoms with Crippen molar-refractivity contribution in [3.8, 4) is 0 Å². The molecule has 7 nitrogen and oxygen atoms in total. The van der Waals surface area contributed by atoms with Gasteiger partial charge in [0.2, 0.25) is 11.8 Å². The van der Waals surface area contributed by atoms with Crippen molar-refractivity contribution in [3.63, 3.8) is 0 Å². The molecule has 0 spiro atoms. The Morgan fingerprint density at radius 2 is 1.97 bits per heavy atom. The zero-order valence-electron chi connectivity index (χ0n) is 17.7. The lowest BCUT2D eigenvalue weighted by Crippen LogP contribution is -2.32. The van der Waals surface area contributed by atoms with Crippen LogP contribution in [0.15, 0.2) is 6.07 Å². The van der Waals surface area contributed by atoms with Crippen molar-refractivity contribution in [1.29, 1.82) is 0 Å². The Morgan fingerprint density at radius 1 is 1.21 bits per heavy atom. The number of aryl methyl sites for hydroxylation is 2. The van der Waals surface area contributed by atoms with Crippen molar-refractivity contribution in [3.05, 3.63) is 28.7 Å². The standard InChI is InChI=1S/C22H31N5O2/c1-14-19(8-9-22(29)24-18-6-4-5-7-18)15(2)27-21(23-14)12-20(25-27)17-10-11-26(13-17)16(3)28/h12,17-18H,4-11,13H2,1-3H3,(H,24,29)/t17-/m1/s1. The van der Waals surface area contributed by atoms with Gasteiger partial charge in [0.05, 0.1) is 5.69 Å². The normalized spacial score (nSPS) is 20.0. The molecule has 1 atom stereocenters. The molecule has 7 heteroatoms. The molecule has 1 N–H and O–H groups in total. The maximum absolute atomic E-state index is 12.3. The zero-order valence-corrected chi connectivity index (χ0v) is 17.7. The molecule has 1 saturated heterocycles. The zero-order chi connectivity index (χ0) is 20.5. The van der Waals surface area contributed by atoms with E-state index in [-0.39, 0.29) is 17.7 Å². The smallest absolute Gasteiger partial charge is 0.220 e. The van der Waals surface area contributed by atoms with Crippen LogP contribution in [-0.4, -0.2) is 50.4 Å². The summed E-state index contributed by atoms with van der Waals surface area (Å²) in [6.45, 7) is 7.21. The highest BCUT2D eigenvalue weighted by atomic mass is 16.2. The van der Waals surface area contributed by atoms with Crippen LogP contribution in [0.1, 0.15) is 74.0 Å². The van der Waals surface area contributed by atoms with E-state index < -0.39 is 0 Å². The SMILES string of the molecule is CC(=O)N1CC[C@@H](c2cc3nc(C)c(CCC(=O)NC4CCCC4)c(C)n3n2)C1. The number of fused-ring (bicyclic) bond motifs is 1. The molecule has 1 saturated carbocycles. The van der Waals surface area contributed by atoms with Gasteiger partial charge in [-0.05, 0) is 45.1 Å². The monoisotopic (exact) mass is 397 g/mol. The largest absolute Gasteiger partial charge is 0.353 e. The van der Waals surface area contributed by atoms with E-state index in [0.717, 1.165) is 60.6 Å². The van der Waals surface area contributed by atoms with Gasteiger partial charge in [-0.25, -0.2) is 9.50 Å². The number of amides is 2. The first-order valence-corrected chi connectivity index (χ1v) is 10.8. The third-order valence-electron chi connectivity index (χ3n) is 6.56. The first-order valence-electron chi connectivity index (χ1n) is 10.8. The number of hydrogen-bond acceptors (Lipinski definition) is 4. The lowest BCUT2D eigenvalue weighted by Gasteiger charge is -2.14. The van der Waals surface area contributed by atoms with Gasteiger partial charge in [-0.1, -0.05) is 12.8 Å². The van der Waals surface area contributed by atoms with Crippen LogP contribution < -0.4 is 5.32 Å². The number of aromatic nitrogens is 3. The van der Waals surface area contributed by atoms with Crippen molar-refractivity contribution in [2.24, 2.45) is 0 Å². The summed E-state index contributed by atoms with van der Waals surface area (Å²) in [7, 11) is 0. The van der Waals surface area contributed by atoms with E-state index >= 15 is 0 Å². The second kappa shape index (κ2) is 8.13. The Hall–Kier alpha value is -2.44. The maximum atomic E-state index is 12.3. The molecule has 2 aromatic heterocycles. The fourth-order valence-corrected chi connectivity index (χ4v) is 4.80. The molecule has 2 fully saturated rings. The summed E-state index contributed by atoms with van der Waals surface area (Å²) in [4.78, 5) is 30.6. The van der Waals surface area contributed by atoms with Crippen molar-refractivity contribution < 1.29 is 9.59 Å². The molecule has 0 bridgehead atoms. The summed E-state index contributed by atoms with van der Waals surface area (Å²) in [5.41, 5.74) is 4.96. The number of likely N-dealkylation sites (tertiary alicyclic amines) is 1. The second-order valence-corrected chi connectivity index (χ2v) is 8.60. The molecule has 4 rings (SSSR count). The Labute approximate surface area is 171 Å². The van der Waals surface area contributed by atoms with Crippen LogP contribution >= 0.6 is 0 Å². The summed E-state index contributed by atoms with van der Waals surface area (Å²) < 4.78 is 1.91. The van der Waals surface area contributed by atoms with E-state index in [1.807, 2.05) is 22.4 Å². The average Bonchev–Trinajstić information content (AvgIpc) is 3.41. The number of carbonyl (C=O) groups excluding carboxylic acids is 2. The summed E-state index contributed by atoms with van der Waals surface area (Å²) in [5.74, 6) is 0.521. The Kier molecular flexibility index (Phi) is 5.56. The molecule has 0 aromatic carbocycles. The highest BCUT2D eigenvalue weighted by Gasteiger charge is 2.28. The van der Waals surface area contributed by atoms with Gasteiger partial charge in [0, 0.05) is 55.8 Å². The van der Waals surface area contributed by atoms with Crippen LogP contribution in [0.2, 0.25) is 0 Å². The quantitative estimate of drug-likeness (QED) is 0.841. The van der Waals surface area contributed by atoms with Crippen LogP contribution in [-0.2, 0) is 16.0 Å². The van der Waals surface area contributed by atoms with Crippen molar-refractivity contribution in [2.45, 2.75) is 77.7 Å². The number of carbonyl (C=O) groups is 2. The summed E-state index contributed by atoms with van der Waals surface area (Å²) >= 11 is 0. The fourth-order valence-electron chi connectivity index (χ4n) is 4.80. The van der Waals surface area contributed by atoms with Gasteiger partial charge in [-0.15, -0.1) is 0 Å². The van der Waals surface area contributed by atoms with Crippen LogP contribution in [0.4, 0.5) is 0 Å². The minimum atomic E-state index is 0.125. The highest BCUT2D eigenvalue weighted by Crippen LogP contribution is 2.28. The third kappa shape index (κ3) is 4.14. The molecular formula is C22H31N5O2. The lowest BCUT2D eigenvalue weighted by molar-refractivity contribution is -0.127. The summed E-state index contributed by atoms with van der Waals surface area (Å²) in [5, 5.41) is 7.98. The topological polar surface area (TPSA) is 79.6 Å². The molecule has 2 amide bonds. The lowest BCUT2D eigenvalue weighted by atomic mass is 10.1. The minimum absolute atomic E-state index is 0.125. The molecule has 2 aromatic rings. The fraction of sp³-hybridized carbons (Fsp3) is 0.636. The maximum Gasteiger partial charge on any atom is 0.220 e. The predicted molar refractivity (Wildman–Crippen MR) is 111 cm³/mol. The van der Waals surface area contributed by atoms with E-state index in [4.69, 9.17) is 10.1 Å². The Morgan fingerprint density at radius 3 is 2.66 bits per heavy atom. The van der Waals surface area contributed by atoms with Crippen LogP contribution in [0, 0.1) is 13.8 Å². The van der Waals surface area contributed by atoms with Gasteiger partial charge in [0.15, 0.2) is 5.65 Å². The molecule has 3 heterocycles. The van der Waals surface area contributed by atoms with Gasteiger partial charge in [-0.3, -0.25) is 9.59 Å². The predicted octanol–water partition coefficient (Wildman–Crippen LogP) is 2.67. The summed E-state index contributed by atoms with van der Waals surface area (Å²) in [6, 6.07) is 2.41. The molecule has 1 aliphatic carbocycles. The number of nitrogens with one attached hydrogen (secondary N) is 1. The molecule has 156 valence electrons. The third-order valence-corrected chi connectivity index (χ3v) is 6.56. The van der Waals surface area contributed by atoms with Crippen LogP contribution in [0.3, 0.4) is 0 Å². The molecular weight excluding hydrogens is 366 g/mol. The molecule has 0 unspecified atom stereocenters. The van der Waals surface area contributed by atoms with Crippen LogP contribution in [0.25, 0.3) is 5.65 Å². The van der Waals surface area contributed by atoms with E-state index in [9.17, 15) is 9.59 Å². The summed E-state index contributed by atoms with van der Waals surface area (Å²) in [6.07, 6.45) is 6.75. The van der Waals surface area contributed by atoms with Crippen molar-refractivity contribution in [2.75, 3.05) is 13.1 Å². The van der Waals surface area contributed by atoms with Gasteiger partial charge < -0.3 is 10.2 Å². The van der Waals surface area contributed by atoms with Crippen molar-refractivity contribution >= 4 is 17.5 Å². The number of nitrogens with zero attached hydrogens (tertiary/aromatic N) is 4. The highest BCUT2D eigenvalue weighted by molar-refractivity contribution is 5.76. The molecule has 0 radical (unpaired) electrons. The molecule has 1 aliphatic heterocycles. The Bertz CT molecular complexity index is 929. The second-order valence-electron chi connectivity index (χ2n) is 8.60. The first kappa shape index (κ1) is 19.9. The van der Waals surface area contributed by atoms with E-state index in [0.29, 0.717) is 18.9 Å². The minimum Gasteiger partial charge on any atom is -0.353 e. The Balaban J connectivity index is 1.48. The first-order chi connectivity index (χ1) is 13.9. The number of rotatable bonds is 5. The number of hydrogen-bond donors (Lipinski definition) is 1. The van der Waals surface area contributed by atoms with E-state index in [1.54, 1.807) is 6.92 Å². The molecule has 2 aliphatic rings. The van der Waals surface area contributed by atoms with E-state index in [2.05, 4.69) is 12.2 Å². The van der Waals surface area contributed by atoms with Gasteiger partial charge in [0.1, 0.15) is 0 Å². The molecule has 29 heavy (non-hydrogen) atoms. The van der Waals surface area contributed by atoms with Gasteiger partial charge >= 0.3 is 0 Å². The van der Waals surface area contributed by atoms with Gasteiger partial charge in [0.25, 0.3) is 0 Å². The van der Waals surface area contributed by atoms with Crippen molar-refractivity contribution in [1.82, 2.24) is 24.8 Å². The van der Waals surface area contributed by atoms with Gasteiger partial charge in [-0.2, -0.15) is 5.10 Å². The average molecular weight is 398 g/mol.